The summed E-state index contributed by atoms with van der Waals surface area (Å²) in [4.78, 5) is 12.2. The van der Waals surface area contributed by atoms with E-state index in [1.165, 1.54) is 12.8 Å². The summed E-state index contributed by atoms with van der Waals surface area (Å²) in [5.41, 5.74) is 4.58. The van der Waals surface area contributed by atoms with Gasteiger partial charge in [-0.15, -0.1) is 0 Å². The van der Waals surface area contributed by atoms with Gasteiger partial charge in [-0.3, -0.25) is 5.10 Å². The number of anilines is 2. The number of aryl methyl sites for hydroxylation is 1. The van der Waals surface area contributed by atoms with Crippen LogP contribution in [0.3, 0.4) is 0 Å². The van der Waals surface area contributed by atoms with Crippen LogP contribution in [0.1, 0.15) is 42.3 Å². The number of H-pyrrole nitrogens is 2. The Balaban J connectivity index is 1.35. The molecule has 4 heterocycles. The van der Waals surface area contributed by atoms with Crippen LogP contribution in [-0.4, -0.2) is 38.2 Å². The van der Waals surface area contributed by atoms with Crippen molar-refractivity contribution in [3.63, 3.8) is 0 Å². The van der Waals surface area contributed by atoms with E-state index >= 15 is 4.39 Å². The summed E-state index contributed by atoms with van der Waals surface area (Å²) >= 11 is 0. The number of halogens is 1. The molecule has 33 heavy (non-hydrogen) atoms. The zero-order chi connectivity index (χ0) is 22.4. The van der Waals surface area contributed by atoms with Crippen molar-refractivity contribution in [2.24, 2.45) is 0 Å². The van der Waals surface area contributed by atoms with Crippen molar-refractivity contribution in [1.29, 1.82) is 0 Å². The Morgan fingerprint density at radius 2 is 2.03 bits per heavy atom. The number of fused-ring (bicyclic) bond motifs is 1. The minimum Gasteiger partial charge on any atom is -0.421 e. The molecule has 1 aromatic carbocycles. The molecule has 0 saturated heterocycles. The van der Waals surface area contributed by atoms with Gasteiger partial charge in [-0.2, -0.15) is 15.1 Å². The molecule has 4 aromatic rings. The van der Waals surface area contributed by atoms with Crippen molar-refractivity contribution in [3.05, 3.63) is 59.3 Å². The molecule has 168 valence electrons. The molecule has 8 nitrogen and oxygen atoms in total. The number of hydrogen-bond acceptors (Lipinski definition) is 6. The number of nitrogens with one attached hydrogen (secondary N) is 4. The maximum absolute atomic E-state index is 15.1. The van der Waals surface area contributed by atoms with E-state index in [1.54, 1.807) is 18.2 Å². The summed E-state index contributed by atoms with van der Waals surface area (Å²) in [6.07, 6.45) is 5.33. The lowest BCUT2D eigenvalue weighted by molar-refractivity contribution is 0.414. The van der Waals surface area contributed by atoms with Crippen LogP contribution in [0.15, 0.2) is 36.4 Å². The average Bonchev–Trinajstić information content (AvgIpc) is 3.45. The summed E-state index contributed by atoms with van der Waals surface area (Å²) in [5.74, 6) is 1.44. The van der Waals surface area contributed by atoms with Gasteiger partial charge in [-0.25, -0.2) is 4.39 Å². The van der Waals surface area contributed by atoms with Crippen molar-refractivity contribution in [2.45, 2.75) is 32.1 Å². The van der Waals surface area contributed by atoms with E-state index in [0.717, 1.165) is 47.7 Å². The number of aromatic amines is 2. The molecule has 1 aliphatic carbocycles. The zero-order valence-corrected chi connectivity index (χ0v) is 18.2. The van der Waals surface area contributed by atoms with Crippen molar-refractivity contribution in [2.75, 3.05) is 18.4 Å². The molecule has 4 N–H and O–H groups in total. The molecule has 0 spiro atoms. The van der Waals surface area contributed by atoms with Gasteiger partial charge in [0.05, 0.1) is 5.69 Å². The van der Waals surface area contributed by atoms with Crippen molar-refractivity contribution in [1.82, 2.24) is 30.5 Å². The second kappa shape index (κ2) is 8.00. The lowest BCUT2D eigenvalue weighted by atomic mass is 10.1. The third-order valence-corrected chi connectivity index (χ3v) is 6.01. The Labute approximate surface area is 189 Å². The van der Waals surface area contributed by atoms with Crippen molar-refractivity contribution < 1.29 is 9.13 Å². The first-order chi connectivity index (χ1) is 16.1. The third kappa shape index (κ3) is 4.07. The van der Waals surface area contributed by atoms with Gasteiger partial charge in [-0.1, -0.05) is 6.08 Å². The van der Waals surface area contributed by atoms with Crippen LogP contribution in [0, 0.1) is 12.7 Å². The normalized spacial score (nSPS) is 16.1. The lowest BCUT2D eigenvalue weighted by Gasteiger charge is -2.15. The van der Waals surface area contributed by atoms with E-state index in [2.05, 4.69) is 41.9 Å². The average molecular weight is 446 g/mol. The van der Waals surface area contributed by atoms with Crippen LogP contribution in [-0.2, 0) is 0 Å². The van der Waals surface area contributed by atoms with E-state index in [1.807, 2.05) is 19.1 Å². The minimum absolute atomic E-state index is 0.0814. The first-order valence-electron chi connectivity index (χ1n) is 11.2. The molecule has 1 saturated carbocycles. The molecule has 0 bridgehead atoms. The number of ether oxygens (including phenoxy) is 1. The number of rotatable bonds is 6. The predicted molar refractivity (Wildman–Crippen MR) is 124 cm³/mol. The van der Waals surface area contributed by atoms with Gasteiger partial charge >= 0.3 is 6.01 Å². The van der Waals surface area contributed by atoms with E-state index in [0.29, 0.717) is 22.9 Å². The highest BCUT2D eigenvalue weighted by Crippen LogP contribution is 2.40. The molecule has 9 heteroatoms. The van der Waals surface area contributed by atoms with Crippen molar-refractivity contribution in [3.8, 4) is 11.8 Å². The topological polar surface area (TPSA) is 104 Å². The van der Waals surface area contributed by atoms with E-state index in [-0.39, 0.29) is 11.8 Å². The van der Waals surface area contributed by atoms with Gasteiger partial charge in [0.2, 0.25) is 0 Å². The van der Waals surface area contributed by atoms with Gasteiger partial charge in [0.25, 0.3) is 0 Å². The van der Waals surface area contributed by atoms with Crippen LogP contribution in [0.25, 0.3) is 16.5 Å². The van der Waals surface area contributed by atoms with Crippen molar-refractivity contribution >= 4 is 28.1 Å². The Morgan fingerprint density at radius 3 is 2.85 bits per heavy atom. The monoisotopic (exact) mass is 445 g/mol. The summed E-state index contributed by atoms with van der Waals surface area (Å²) in [5, 5.41) is 14.5. The second-order valence-electron chi connectivity index (χ2n) is 8.61. The Bertz CT molecular complexity index is 1370. The Kier molecular flexibility index (Phi) is 4.83. The van der Waals surface area contributed by atoms with E-state index < -0.39 is 5.82 Å². The first-order valence-corrected chi connectivity index (χ1v) is 11.2. The lowest BCUT2D eigenvalue weighted by Crippen LogP contribution is -2.20. The Morgan fingerprint density at radius 1 is 1.12 bits per heavy atom. The summed E-state index contributed by atoms with van der Waals surface area (Å²) in [6.45, 7) is 3.54. The highest BCUT2D eigenvalue weighted by atomic mass is 19.1. The summed E-state index contributed by atoms with van der Waals surface area (Å²) in [6, 6.07) is 9.11. The molecular formula is C24H24FN7O. The van der Waals surface area contributed by atoms with Gasteiger partial charge in [-0.05, 0) is 56.5 Å². The zero-order valence-electron chi connectivity index (χ0n) is 18.2. The highest BCUT2D eigenvalue weighted by molar-refractivity contribution is 5.82. The van der Waals surface area contributed by atoms with Crippen LogP contribution < -0.4 is 15.4 Å². The molecule has 6 rings (SSSR count). The predicted octanol–water partition coefficient (Wildman–Crippen LogP) is 4.92. The fraction of sp³-hybridized carbons (Fsp3) is 0.292. The fourth-order valence-corrected chi connectivity index (χ4v) is 4.16. The standard InChI is InChI=1S/C24H24FN7O/c1-13-10-16-17(27-13)4-5-20(23(16)25)33-24-28-18(15-6-8-26-9-7-15)11-21(30-24)29-22-12-19(31-32-22)14-2-3-14/h4-6,10-12,14,26-27H,2-3,7-9H2,1H3,(H2,28,29,30,31,32). The maximum atomic E-state index is 15.1. The van der Waals surface area contributed by atoms with Gasteiger partial charge in [0, 0.05) is 46.9 Å². The van der Waals surface area contributed by atoms with Crippen LogP contribution in [0.5, 0.6) is 11.8 Å². The number of hydrogen-bond donors (Lipinski definition) is 4. The number of benzene rings is 1. The fourth-order valence-electron chi connectivity index (χ4n) is 4.16. The molecular weight excluding hydrogens is 421 g/mol. The van der Waals surface area contributed by atoms with Gasteiger partial charge in [0.15, 0.2) is 17.4 Å². The van der Waals surface area contributed by atoms with E-state index in [4.69, 9.17) is 4.74 Å². The molecule has 0 atom stereocenters. The molecule has 2 aliphatic rings. The smallest absolute Gasteiger partial charge is 0.324 e. The maximum Gasteiger partial charge on any atom is 0.324 e. The minimum atomic E-state index is -0.442. The quantitative estimate of drug-likeness (QED) is 0.336. The molecule has 0 radical (unpaired) electrons. The first kappa shape index (κ1) is 19.9. The number of nitrogens with zero attached hydrogens (tertiary/aromatic N) is 3. The van der Waals surface area contributed by atoms with Gasteiger partial charge < -0.3 is 20.4 Å². The van der Waals surface area contributed by atoms with Crippen LogP contribution in [0.4, 0.5) is 16.0 Å². The third-order valence-electron chi connectivity index (χ3n) is 6.01. The van der Waals surface area contributed by atoms with Gasteiger partial charge in [0.1, 0.15) is 5.82 Å². The molecule has 3 aromatic heterocycles. The second-order valence-corrected chi connectivity index (χ2v) is 8.61. The molecule has 1 fully saturated rings. The highest BCUT2D eigenvalue weighted by Gasteiger charge is 2.25. The molecule has 0 amide bonds. The molecule has 1 aliphatic heterocycles. The summed E-state index contributed by atoms with van der Waals surface area (Å²) in [7, 11) is 0. The Hall–Kier alpha value is -3.72. The van der Waals surface area contributed by atoms with Crippen LogP contribution in [0.2, 0.25) is 0 Å². The summed E-state index contributed by atoms with van der Waals surface area (Å²) < 4.78 is 21.0. The van der Waals surface area contributed by atoms with Crippen LogP contribution >= 0.6 is 0 Å². The SMILES string of the molecule is Cc1cc2c(F)c(Oc3nc(Nc4cc(C5CC5)[nH]n4)cc(C4=CCNCC4)n3)ccc2[nH]1. The largest absolute Gasteiger partial charge is 0.421 e. The van der Waals surface area contributed by atoms with E-state index in [9.17, 15) is 0 Å². The molecule has 0 unspecified atom stereocenters. The number of aromatic nitrogens is 5.